The van der Waals surface area contributed by atoms with Gasteiger partial charge in [-0.15, -0.1) is 0 Å². The summed E-state index contributed by atoms with van der Waals surface area (Å²) in [6, 6.07) is 13.0. The van der Waals surface area contributed by atoms with Gasteiger partial charge >= 0.3 is 0 Å². The number of hydrogen-bond donors (Lipinski definition) is 1. The lowest BCUT2D eigenvalue weighted by atomic mass is 9.94. The van der Waals surface area contributed by atoms with E-state index in [0.717, 1.165) is 14.5 Å². The van der Waals surface area contributed by atoms with Crippen LogP contribution in [-0.2, 0) is 5.54 Å². The molecule has 0 saturated heterocycles. The normalized spacial score (nSPS) is 11.3. The zero-order chi connectivity index (χ0) is 15.6. The molecule has 0 fully saturated rings. The highest BCUT2D eigenvalue weighted by molar-refractivity contribution is 9.10. The van der Waals surface area contributed by atoms with Gasteiger partial charge in [-0.2, -0.15) is 0 Å². The SMILES string of the molecule is CC(C)(NC(=O)c1cc(Cl)ccc1Br)c1ccc(Br)cc1. The summed E-state index contributed by atoms with van der Waals surface area (Å²) in [5.41, 5.74) is 1.06. The van der Waals surface area contributed by atoms with Gasteiger partial charge in [-0.25, -0.2) is 0 Å². The molecule has 2 nitrogen and oxygen atoms in total. The fourth-order valence-electron chi connectivity index (χ4n) is 1.96. The lowest BCUT2D eigenvalue weighted by molar-refractivity contribution is 0.0911. The lowest BCUT2D eigenvalue weighted by Gasteiger charge is -2.27. The van der Waals surface area contributed by atoms with Crippen LogP contribution >= 0.6 is 43.5 Å². The molecule has 0 heterocycles. The zero-order valence-corrected chi connectivity index (χ0v) is 15.5. The fourth-order valence-corrected chi connectivity index (χ4v) is 2.82. The molecule has 0 aliphatic rings. The summed E-state index contributed by atoms with van der Waals surface area (Å²) in [7, 11) is 0. The first-order chi connectivity index (χ1) is 9.79. The van der Waals surface area contributed by atoms with E-state index >= 15 is 0 Å². The highest BCUT2D eigenvalue weighted by atomic mass is 79.9. The number of carbonyl (C=O) groups is 1. The average molecular weight is 432 g/mol. The van der Waals surface area contributed by atoms with E-state index in [1.165, 1.54) is 0 Å². The monoisotopic (exact) mass is 429 g/mol. The molecule has 0 aliphatic heterocycles. The summed E-state index contributed by atoms with van der Waals surface area (Å²) in [4.78, 5) is 12.5. The molecule has 0 aliphatic carbocycles. The molecule has 0 saturated carbocycles. The molecular formula is C16H14Br2ClNO. The summed E-state index contributed by atoms with van der Waals surface area (Å²) < 4.78 is 1.72. The van der Waals surface area contributed by atoms with Crippen molar-refractivity contribution in [1.29, 1.82) is 0 Å². The van der Waals surface area contributed by atoms with E-state index in [1.807, 2.05) is 38.1 Å². The van der Waals surface area contributed by atoms with E-state index in [-0.39, 0.29) is 5.91 Å². The average Bonchev–Trinajstić information content (AvgIpc) is 2.41. The predicted molar refractivity (Wildman–Crippen MR) is 93.8 cm³/mol. The van der Waals surface area contributed by atoms with Crippen molar-refractivity contribution in [2.45, 2.75) is 19.4 Å². The number of benzene rings is 2. The van der Waals surface area contributed by atoms with Gasteiger partial charge in [0.2, 0.25) is 0 Å². The van der Waals surface area contributed by atoms with E-state index in [0.29, 0.717) is 10.6 Å². The Labute approximate surface area is 146 Å². The first-order valence-electron chi connectivity index (χ1n) is 6.33. The van der Waals surface area contributed by atoms with Crippen molar-refractivity contribution in [1.82, 2.24) is 5.32 Å². The predicted octanol–water partition coefficient (Wildman–Crippen LogP) is 5.53. The topological polar surface area (TPSA) is 29.1 Å². The van der Waals surface area contributed by atoms with Crippen LogP contribution < -0.4 is 5.32 Å². The van der Waals surface area contributed by atoms with Gasteiger partial charge in [-0.1, -0.05) is 39.7 Å². The third kappa shape index (κ3) is 4.09. The van der Waals surface area contributed by atoms with Crippen LogP contribution in [0.3, 0.4) is 0 Å². The van der Waals surface area contributed by atoms with Crippen LogP contribution in [0.25, 0.3) is 0 Å². The van der Waals surface area contributed by atoms with Crippen molar-refractivity contribution in [3.63, 3.8) is 0 Å². The number of rotatable bonds is 3. The van der Waals surface area contributed by atoms with E-state index < -0.39 is 5.54 Å². The molecule has 0 spiro atoms. The quantitative estimate of drug-likeness (QED) is 0.680. The smallest absolute Gasteiger partial charge is 0.253 e. The van der Waals surface area contributed by atoms with Crippen molar-refractivity contribution in [3.8, 4) is 0 Å². The number of halogens is 3. The summed E-state index contributed by atoms with van der Waals surface area (Å²) in [6.07, 6.45) is 0. The van der Waals surface area contributed by atoms with Crippen LogP contribution in [0.5, 0.6) is 0 Å². The van der Waals surface area contributed by atoms with Crippen molar-refractivity contribution >= 4 is 49.4 Å². The fraction of sp³-hybridized carbons (Fsp3) is 0.188. The molecule has 0 aromatic heterocycles. The van der Waals surface area contributed by atoms with Gasteiger partial charge in [-0.05, 0) is 65.7 Å². The third-order valence-corrected chi connectivity index (χ3v) is 4.62. The Hall–Kier alpha value is -0.840. The first-order valence-corrected chi connectivity index (χ1v) is 8.29. The number of hydrogen-bond acceptors (Lipinski definition) is 1. The Morgan fingerprint density at radius 3 is 2.33 bits per heavy atom. The second-order valence-electron chi connectivity index (χ2n) is 5.21. The summed E-state index contributed by atoms with van der Waals surface area (Å²) in [5, 5.41) is 3.57. The van der Waals surface area contributed by atoms with Gasteiger partial charge < -0.3 is 5.32 Å². The molecule has 1 amide bonds. The van der Waals surface area contributed by atoms with E-state index in [1.54, 1.807) is 18.2 Å². The van der Waals surface area contributed by atoms with Crippen LogP contribution in [0, 0.1) is 0 Å². The second kappa shape index (κ2) is 6.51. The minimum atomic E-state index is -0.487. The minimum Gasteiger partial charge on any atom is -0.343 e. The number of nitrogens with one attached hydrogen (secondary N) is 1. The number of amides is 1. The maximum absolute atomic E-state index is 12.5. The minimum absolute atomic E-state index is 0.169. The molecule has 2 rings (SSSR count). The largest absolute Gasteiger partial charge is 0.343 e. The Morgan fingerprint density at radius 1 is 1.10 bits per heavy atom. The van der Waals surface area contributed by atoms with Gasteiger partial charge in [-0.3, -0.25) is 4.79 Å². The Morgan fingerprint density at radius 2 is 1.71 bits per heavy atom. The van der Waals surface area contributed by atoms with Crippen LogP contribution in [-0.4, -0.2) is 5.91 Å². The van der Waals surface area contributed by atoms with Crippen LogP contribution in [0.4, 0.5) is 0 Å². The molecule has 21 heavy (non-hydrogen) atoms. The standard InChI is InChI=1S/C16H14Br2ClNO/c1-16(2,10-3-5-11(17)6-4-10)20-15(21)13-9-12(19)7-8-14(13)18/h3-9H,1-2H3,(H,20,21). The summed E-state index contributed by atoms with van der Waals surface area (Å²) in [5.74, 6) is -0.169. The van der Waals surface area contributed by atoms with Gasteiger partial charge in [0.15, 0.2) is 0 Å². The van der Waals surface area contributed by atoms with Gasteiger partial charge in [0.1, 0.15) is 0 Å². The highest BCUT2D eigenvalue weighted by Crippen LogP contribution is 2.25. The Bertz CT molecular complexity index is 668. The van der Waals surface area contributed by atoms with Crippen molar-refractivity contribution in [2.24, 2.45) is 0 Å². The number of carbonyl (C=O) groups excluding carboxylic acids is 1. The van der Waals surface area contributed by atoms with E-state index in [2.05, 4.69) is 37.2 Å². The zero-order valence-electron chi connectivity index (χ0n) is 11.6. The molecule has 110 valence electrons. The van der Waals surface area contributed by atoms with Crippen molar-refractivity contribution in [2.75, 3.05) is 0 Å². The second-order valence-corrected chi connectivity index (χ2v) is 7.42. The Kier molecular flexibility index (Phi) is 5.12. The first kappa shape index (κ1) is 16.5. The van der Waals surface area contributed by atoms with Crippen LogP contribution in [0.2, 0.25) is 5.02 Å². The molecule has 1 N–H and O–H groups in total. The highest BCUT2D eigenvalue weighted by Gasteiger charge is 2.24. The van der Waals surface area contributed by atoms with Gasteiger partial charge in [0.25, 0.3) is 5.91 Å². The van der Waals surface area contributed by atoms with Crippen LogP contribution in [0.1, 0.15) is 29.8 Å². The Balaban J connectivity index is 2.25. The van der Waals surface area contributed by atoms with Gasteiger partial charge in [0, 0.05) is 14.0 Å². The molecule has 2 aromatic rings. The molecule has 2 aromatic carbocycles. The van der Waals surface area contributed by atoms with E-state index in [9.17, 15) is 4.79 Å². The molecular weight excluding hydrogens is 417 g/mol. The lowest BCUT2D eigenvalue weighted by Crippen LogP contribution is -2.41. The molecule has 0 bridgehead atoms. The molecule has 0 unspecified atom stereocenters. The van der Waals surface area contributed by atoms with Gasteiger partial charge in [0.05, 0.1) is 11.1 Å². The summed E-state index contributed by atoms with van der Waals surface area (Å²) in [6.45, 7) is 3.93. The third-order valence-electron chi connectivity index (χ3n) is 3.16. The maximum Gasteiger partial charge on any atom is 0.253 e. The van der Waals surface area contributed by atoms with Crippen LogP contribution in [0.15, 0.2) is 51.4 Å². The van der Waals surface area contributed by atoms with Crippen molar-refractivity contribution < 1.29 is 4.79 Å². The maximum atomic E-state index is 12.5. The molecule has 0 atom stereocenters. The van der Waals surface area contributed by atoms with Crippen molar-refractivity contribution in [3.05, 3.63) is 67.6 Å². The molecule has 0 radical (unpaired) electrons. The summed E-state index contributed by atoms with van der Waals surface area (Å²) >= 11 is 12.7. The molecule has 5 heteroatoms. The van der Waals surface area contributed by atoms with E-state index in [4.69, 9.17) is 11.6 Å².